The molecule has 0 fully saturated rings. The summed E-state index contributed by atoms with van der Waals surface area (Å²) < 4.78 is 1.50. The van der Waals surface area contributed by atoms with E-state index in [9.17, 15) is 4.79 Å². The topological polar surface area (TPSA) is 67.5 Å². The summed E-state index contributed by atoms with van der Waals surface area (Å²) in [5.74, 6) is -1.04. The zero-order chi connectivity index (χ0) is 11.8. The largest absolute Gasteiger partial charge is 0.476 e. The first-order valence-corrected chi connectivity index (χ1v) is 5.70. The Morgan fingerprint density at radius 2 is 2.06 bits per heavy atom. The molecular weight excluding hydrogens is 238 g/mol. The second kappa shape index (κ2) is 3.67. The first-order chi connectivity index (χ1) is 8.24. The summed E-state index contributed by atoms with van der Waals surface area (Å²) in [4.78, 5) is 15.3. The highest BCUT2D eigenvalue weighted by atomic mass is 32.1. The predicted octanol–water partition coefficient (Wildman–Crippen LogP) is 2.16. The number of carboxylic acids is 1. The van der Waals surface area contributed by atoms with Crippen LogP contribution in [0.5, 0.6) is 0 Å². The zero-order valence-electron chi connectivity index (χ0n) is 8.57. The number of nitrogens with zero attached hydrogens (tertiary/aromatic N) is 3. The fourth-order valence-electron chi connectivity index (χ4n) is 1.50. The molecule has 1 aromatic carbocycles. The third-order valence-electron chi connectivity index (χ3n) is 2.28. The van der Waals surface area contributed by atoms with Gasteiger partial charge in [0, 0.05) is 5.56 Å². The van der Waals surface area contributed by atoms with Gasteiger partial charge in [-0.3, -0.25) is 0 Å². The highest BCUT2D eigenvalue weighted by Crippen LogP contribution is 2.25. The first kappa shape index (κ1) is 9.98. The van der Waals surface area contributed by atoms with Crippen molar-refractivity contribution >= 4 is 22.3 Å². The minimum atomic E-state index is -1.04. The van der Waals surface area contributed by atoms with Crippen molar-refractivity contribution < 1.29 is 9.90 Å². The van der Waals surface area contributed by atoms with Crippen molar-refractivity contribution in [2.24, 2.45) is 0 Å². The summed E-state index contributed by atoms with van der Waals surface area (Å²) in [6, 6.07) is 9.71. The molecule has 0 saturated heterocycles. The Hall–Kier alpha value is -2.21. The molecule has 0 bridgehead atoms. The van der Waals surface area contributed by atoms with Gasteiger partial charge in [-0.25, -0.2) is 14.3 Å². The SMILES string of the molecule is O=C(O)c1cn2nc(-c3ccccc3)sc2n1. The molecule has 5 nitrogen and oxygen atoms in total. The number of hydrogen-bond donors (Lipinski definition) is 1. The molecule has 0 amide bonds. The molecule has 17 heavy (non-hydrogen) atoms. The van der Waals surface area contributed by atoms with Gasteiger partial charge in [-0.05, 0) is 0 Å². The van der Waals surface area contributed by atoms with E-state index in [1.54, 1.807) is 0 Å². The van der Waals surface area contributed by atoms with E-state index in [4.69, 9.17) is 5.11 Å². The molecular formula is C11H7N3O2S. The number of hydrogen-bond acceptors (Lipinski definition) is 4. The van der Waals surface area contributed by atoms with Crippen LogP contribution in [0.1, 0.15) is 10.5 Å². The maximum Gasteiger partial charge on any atom is 0.356 e. The van der Waals surface area contributed by atoms with Crippen LogP contribution in [0.25, 0.3) is 15.5 Å². The van der Waals surface area contributed by atoms with Gasteiger partial charge in [-0.2, -0.15) is 5.10 Å². The Balaban J connectivity index is 2.10. The molecule has 0 unspecified atom stereocenters. The van der Waals surface area contributed by atoms with E-state index in [0.717, 1.165) is 10.6 Å². The Bertz CT molecular complexity index is 656. The highest BCUT2D eigenvalue weighted by molar-refractivity contribution is 7.19. The Morgan fingerprint density at radius 3 is 2.71 bits per heavy atom. The molecule has 3 aromatic rings. The number of aromatic carboxylic acids is 1. The second-order valence-corrected chi connectivity index (χ2v) is 4.39. The smallest absolute Gasteiger partial charge is 0.356 e. The molecule has 0 aliphatic rings. The van der Waals surface area contributed by atoms with Crippen molar-refractivity contribution in [1.82, 2.24) is 14.6 Å². The molecule has 0 aliphatic heterocycles. The van der Waals surface area contributed by atoms with E-state index < -0.39 is 5.97 Å². The molecule has 6 heteroatoms. The summed E-state index contributed by atoms with van der Waals surface area (Å²) in [6.45, 7) is 0. The highest BCUT2D eigenvalue weighted by Gasteiger charge is 2.13. The Labute approximate surface area is 100.0 Å². The van der Waals surface area contributed by atoms with Crippen LogP contribution >= 0.6 is 11.3 Å². The van der Waals surface area contributed by atoms with Gasteiger partial charge in [0.1, 0.15) is 5.01 Å². The lowest BCUT2D eigenvalue weighted by atomic mass is 10.2. The number of benzene rings is 1. The maximum atomic E-state index is 10.7. The standard InChI is InChI=1S/C11H7N3O2S/c15-10(16)8-6-14-11(12-8)17-9(13-14)7-4-2-1-3-5-7/h1-6H,(H,15,16). The summed E-state index contributed by atoms with van der Waals surface area (Å²) >= 11 is 1.37. The average molecular weight is 245 g/mol. The van der Waals surface area contributed by atoms with Gasteiger partial charge in [-0.1, -0.05) is 41.7 Å². The Kier molecular flexibility index (Phi) is 2.15. The lowest BCUT2D eigenvalue weighted by molar-refractivity contribution is 0.0691. The van der Waals surface area contributed by atoms with Gasteiger partial charge in [0.2, 0.25) is 4.96 Å². The number of fused-ring (bicyclic) bond motifs is 1. The van der Waals surface area contributed by atoms with Crippen molar-refractivity contribution in [1.29, 1.82) is 0 Å². The number of imidazole rings is 1. The van der Waals surface area contributed by atoms with Gasteiger partial charge >= 0.3 is 5.97 Å². The maximum absolute atomic E-state index is 10.7. The van der Waals surface area contributed by atoms with Gasteiger partial charge in [0.05, 0.1) is 6.20 Å². The molecule has 0 aliphatic carbocycles. The zero-order valence-corrected chi connectivity index (χ0v) is 9.39. The van der Waals surface area contributed by atoms with Crippen LogP contribution < -0.4 is 0 Å². The normalized spacial score (nSPS) is 10.8. The van der Waals surface area contributed by atoms with E-state index in [1.807, 2.05) is 30.3 Å². The van der Waals surface area contributed by atoms with E-state index in [0.29, 0.717) is 4.96 Å². The van der Waals surface area contributed by atoms with Crippen molar-refractivity contribution in [3.8, 4) is 10.6 Å². The van der Waals surface area contributed by atoms with Gasteiger partial charge < -0.3 is 5.11 Å². The molecule has 0 atom stereocenters. The second-order valence-electron chi connectivity index (χ2n) is 3.43. The van der Waals surface area contributed by atoms with Crippen LogP contribution in [-0.2, 0) is 0 Å². The molecule has 1 N–H and O–H groups in total. The van der Waals surface area contributed by atoms with Crippen LogP contribution in [0.2, 0.25) is 0 Å². The molecule has 84 valence electrons. The van der Waals surface area contributed by atoms with Gasteiger partial charge in [0.25, 0.3) is 0 Å². The fourth-order valence-corrected chi connectivity index (χ4v) is 2.39. The van der Waals surface area contributed by atoms with Crippen molar-refractivity contribution in [2.75, 3.05) is 0 Å². The lowest BCUT2D eigenvalue weighted by Gasteiger charge is -1.91. The minimum absolute atomic E-state index is 0.0170. The Morgan fingerprint density at radius 1 is 1.29 bits per heavy atom. The molecule has 0 spiro atoms. The number of carbonyl (C=O) groups is 1. The van der Waals surface area contributed by atoms with Crippen LogP contribution in [0.4, 0.5) is 0 Å². The fraction of sp³-hybridized carbons (Fsp3) is 0. The number of rotatable bonds is 2. The third-order valence-corrected chi connectivity index (χ3v) is 3.25. The summed E-state index contributed by atoms with van der Waals surface area (Å²) in [7, 11) is 0. The predicted molar refractivity (Wildman–Crippen MR) is 63.3 cm³/mol. The monoisotopic (exact) mass is 245 g/mol. The molecule has 0 saturated carbocycles. The van der Waals surface area contributed by atoms with Crippen LogP contribution in [-0.4, -0.2) is 25.7 Å². The minimum Gasteiger partial charge on any atom is -0.476 e. The molecule has 2 aromatic heterocycles. The van der Waals surface area contributed by atoms with E-state index in [1.165, 1.54) is 22.0 Å². The van der Waals surface area contributed by atoms with Crippen molar-refractivity contribution in [3.05, 3.63) is 42.2 Å². The first-order valence-electron chi connectivity index (χ1n) is 4.89. The van der Waals surface area contributed by atoms with Gasteiger partial charge in [0.15, 0.2) is 5.69 Å². The summed E-state index contributed by atoms with van der Waals surface area (Å²) in [5.41, 5.74) is 1.02. The van der Waals surface area contributed by atoms with E-state index >= 15 is 0 Å². The molecule has 2 heterocycles. The number of aromatic nitrogens is 3. The quantitative estimate of drug-likeness (QED) is 0.751. The average Bonchev–Trinajstić information content (AvgIpc) is 2.87. The van der Waals surface area contributed by atoms with Crippen LogP contribution in [0, 0.1) is 0 Å². The summed E-state index contributed by atoms with van der Waals surface area (Å²) in [5, 5.41) is 13.9. The summed E-state index contributed by atoms with van der Waals surface area (Å²) in [6.07, 6.45) is 1.42. The number of carboxylic acid groups (broad SMARTS) is 1. The van der Waals surface area contributed by atoms with Crippen LogP contribution in [0.15, 0.2) is 36.5 Å². The van der Waals surface area contributed by atoms with Crippen molar-refractivity contribution in [3.63, 3.8) is 0 Å². The van der Waals surface area contributed by atoms with Crippen LogP contribution in [0.3, 0.4) is 0 Å². The van der Waals surface area contributed by atoms with Gasteiger partial charge in [-0.15, -0.1) is 0 Å². The lowest BCUT2D eigenvalue weighted by Crippen LogP contribution is -1.95. The van der Waals surface area contributed by atoms with Crippen molar-refractivity contribution in [2.45, 2.75) is 0 Å². The van der Waals surface area contributed by atoms with E-state index in [2.05, 4.69) is 10.1 Å². The van der Waals surface area contributed by atoms with E-state index in [-0.39, 0.29) is 5.69 Å². The molecule has 0 radical (unpaired) electrons. The molecule has 3 rings (SSSR count). The third kappa shape index (κ3) is 1.68.